The van der Waals surface area contributed by atoms with Crippen LogP contribution in [0.5, 0.6) is 0 Å². The van der Waals surface area contributed by atoms with Crippen molar-refractivity contribution >= 4 is 28.1 Å². The Morgan fingerprint density at radius 3 is 2.39 bits per heavy atom. The number of alkyl halides is 6. The van der Waals surface area contributed by atoms with Gasteiger partial charge in [0, 0.05) is 47.4 Å². The highest BCUT2D eigenvalue weighted by molar-refractivity contribution is 5.93. The lowest BCUT2D eigenvalue weighted by atomic mass is 9.63. The largest absolute Gasteiger partial charge is 0.477 e. The van der Waals surface area contributed by atoms with Gasteiger partial charge in [0.25, 0.3) is 0 Å². The van der Waals surface area contributed by atoms with Crippen LogP contribution in [0, 0.1) is 5.41 Å². The molecule has 1 spiro atoms. The van der Waals surface area contributed by atoms with Gasteiger partial charge in [-0.05, 0) is 79.5 Å². The predicted octanol–water partition coefficient (Wildman–Crippen LogP) is 7.97. The fourth-order valence-electron chi connectivity index (χ4n) is 6.41. The van der Waals surface area contributed by atoms with E-state index < -0.39 is 35.3 Å². The molecule has 0 bridgehead atoms. The summed E-state index contributed by atoms with van der Waals surface area (Å²) < 4.78 is 88.5. The number of benzene rings is 1. The number of aromatic carboxylic acids is 1. The number of rotatable bonds is 5. The van der Waals surface area contributed by atoms with E-state index in [0.29, 0.717) is 55.4 Å². The molecule has 2 aliphatic carbocycles. The smallest absolute Gasteiger partial charge is 0.434 e. The second-order valence-electron chi connectivity index (χ2n) is 11.7. The maximum atomic E-state index is 13.8. The van der Waals surface area contributed by atoms with E-state index in [1.807, 2.05) is 4.90 Å². The second-order valence-corrected chi connectivity index (χ2v) is 11.7. The van der Waals surface area contributed by atoms with E-state index in [9.17, 15) is 36.2 Å². The number of aromatic nitrogens is 3. The van der Waals surface area contributed by atoms with Crippen LogP contribution in [-0.4, -0.2) is 39.3 Å². The summed E-state index contributed by atoms with van der Waals surface area (Å²) in [4.78, 5) is 20.8. The first kappa shape index (κ1) is 28.4. The van der Waals surface area contributed by atoms with E-state index in [1.165, 1.54) is 24.3 Å². The number of allylic oxidation sites excluding steroid dienone is 2. The highest BCUT2D eigenvalue weighted by atomic mass is 19.4. The van der Waals surface area contributed by atoms with Gasteiger partial charge in [0.2, 0.25) is 0 Å². The Hall–Kier alpha value is -4.42. The van der Waals surface area contributed by atoms with Crippen molar-refractivity contribution in [3.8, 4) is 11.3 Å². The zero-order valence-corrected chi connectivity index (χ0v) is 23.0. The minimum Gasteiger partial charge on any atom is -0.477 e. The van der Waals surface area contributed by atoms with Gasteiger partial charge in [-0.2, -0.15) is 26.3 Å². The molecular formula is C31H24F6N4O3. The summed E-state index contributed by atoms with van der Waals surface area (Å²) in [6.45, 7) is 1.09. The van der Waals surface area contributed by atoms with E-state index in [4.69, 9.17) is 4.52 Å². The van der Waals surface area contributed by atoms with E-state index in [-0.39, 0.29) is 33.5 Å². The number of halogens is 6. The van der Waals surface area contributed by atoms with E-state index >= 15 is 0 Å². The summed E-state index contributed by atoms with van der Waals surface area (Å²) in [6, 6.07) is 7.79. The van der Waals surface area contributed by atoms with E-state index in [2.05, 4.69) is 21.2 Å². The molecule has 1 aromatic carbocycles. The number of nitrogens with zero attached hydrogens (tertiary/aromatic N) is 4. The number of carboxylic acids is 1. The number of pyridine rings is 2. The number of anilines is 1. The molecule has 3 aliphatic rings. The van der Waals surface area contributed by atoms with Crippen molar-refractivity contribution in [2.24, 2.45) is 5.41 Å². The summed E-state index contributed by atoms with van der Waals surface area (Å²) in [7, 11) is 0. The Bertz CT molecular complexity index is 1830. The molecule has 1 saturated carbocycles. The first-order valence-corrected chi connectivity index (χ1v) is 14.1. The number of piperidine rings is 1. The predicted molar refractivity (Wildman–Crippen MR) is 147 cm³/mol. The van der Waals surface area contributed by atoms with Crippen LogP contribution in [0.3, 0.4) is 0 Å². The second kappa shape index (κ2) is 9.80. The minimum absolute atomic E-state index is 0.0562. The number of fused-ring (bicyclic) bond motifs is 1. The summed E-state index contributed by atoms with van der Waals surface area (Å²) in [6.07, 6.45) is -2.47. The zero-order chi connectivity index (χ0) is 31.0. The normalized spacial score (nSPS) is 18.4. The van der Waals surface area contributed by atoms with Crippen LogP contribution >= 0.6 is 0 Å². The molecule has 1 aliphatic heterocycles. The molecular weight excluding hydrogens is 590 g/mol. The lowest BCUT2D eigenvalue weighted by Crippen LogP contribution is -2.42. The van der Waals surface area contributed by atoms with Crippen molar-refractivity contribution in [1.29, 1.82) is 0 Å². The first-order valence-electron chi connectivity index (χ1n) is 14.1. The molecule has 0 amide bonds. The van der Waals surface area contributed by atoms with Crippen LogP contribution in [0.1, 0.15) is 71.1 Å². The highest BCUT2D eigenvalue weighted by Gasteiger charge is 2.45. The third-order valence-corrected chi connectivity index (χ3v) is 8.78. The van der Waals surface area contributed by atoms with Crippen molar-refractivity contribution in [3.63, 3.8) is 0 Å². The molecule has 1 N–H and O–H groups in total. The van der Waals surface area contributed by atoms with Crippen LogP contribution in [0.25, 0.3) is 27.7 Å². The molecule has 0 unspecified atom stereocenters. The lowest BCUT2D eigenvalue weighted by molar-refractivity contribution is -0.140. The van der Waals surface area contributed by atoms with Crippen molar-refractivity contribution in [2.45, 2.75) is 50.4 Å². The molecule has 7 rings (SSSR count). The average molecular weight is 615 g/mol. The number of hydrogen-bond acceptors (Lipinski definition) is 6. The molecule has 2 fully saturated rings. The van der Waals surface area contributed by atoms with Gasteiger partial charge in [0.15, 0.2) is 5.69 Å². The molecule has 0 radical (unpaired) electrons. The van der Waals surface area contributed by atoms with Gasteiger partial charge in [-0.3, -0.25) is 4.98 Å². The molecule has 4 aromatic rings. The molecule has 0 atom stereocenters. The fourth-order valence-corrected chi connectivity index (χ4v) is 6.41. The van der Waals surface area contributed by atoms with Crippen LogP contribution in [0.4, 0.5) is 32.0 Å². The zero-order valence-electron chi connectivity index (χ0n) is 23.0. The van der Waals surface area contributed by atoms with Gasteiger partial charge in [-0.25, -0.2) is 9.78 Å². The van der Waals surface area contributed by atoms with Crippen LogP contribution in [-0.2, 0) is 12.4 Å². The third kappa shape index (κ3) is 4.87. The van der Waals surface area contributed by atoms with Gasteiger partial charge >= 0.3 is 18.3 Å². The number of carboxylic acid groups (broad SMARTS) is 1. The third-order valence-electron chi connectivity index (χ3n) is 8.78. The summed E-state index contributed by atoms with van der Waals surface area (Å²) >= 11 is 0. The molecule has 4 heterocycles. The van der Waals surface area contributed by atoms with Crippen molar-refractivity contribution in [3.05, 3.63) is 76.9 Å². The lowest BCUT2D eigenvalue weighted by Gasteiger charge is -2.47. The molecule has 228 valence electrons. The molecule has 3 aromatic heterocycles. The summed E-state index contributed by atoms with van der Waals surface area (Å²) in [5.74, 6) is -0.821. The SMILES string of the molecule is O=C(O)c1cc(C(F)(F)F)c2cc(N3CCC4(C=C(c5c(-c6cccnc6C(F)(F)F)noc5C5CC5)C4)CC3)ccc2n1. The van der Waals surface area contributed by atoms with Crippen molar-refractivity contribution < 1.29 is 40.8 Å². The van der Waals surface area contributed by atoms with Crippen molar-refractivity contribution in [2.75, 3.05) is 18.0 Å². The standard InChI is InChI=1S/C31H24F6N4O3/c32-30(33,34)21-13-23(28(42)43)39-22-6-5-18(12-20(21)22)41-10-7-29(8-11-41)14-17(15-29)24-25(40-44-26(24)16-3-4-16)19-2-1-9-38-27(19)31(35,36)37/h1-2,5-6,9,12-14,16H,3-4,7-8,10-11,15H2,(H,42,43). The quantitative estimate of drug-likeness (QED) is 0.228. The maximum absolute atomic E-state index is 13.8. The minimum atomic E-state index is -4.76. The number of carbonyl (C=O) groups is 1. The van der Waals surface area contributed by atoms with Crippen LogP contribution in [0.15, 0.2) is 53.2 Å². The van der Waals surface area contributed by atoms with Crippen LogP contribution < -0.4 is 4.90 Å². The van der Waals surface area contributed by atoms with Gasteiger partial charge in [0.1, 0.15) is 17.1 Å². The summed E-state index contributed by atoms with van der Waals surface area (Å²) in [5, 5.41) is 13.1. The van der Waals surface area contributed by atoms with Crippen LogP contribution in [0.2, 0.25) is 0 Å². The Morgan fingerprint density at radius 2 is 1.75 bits per heavy atom. The van der Waals surface area contributed by atoms with Crippen molar-refractivity contribution in [1.82, 2.24) is 15.1 Å². The Labute approximate surface area is 246 Å². The Balaban J connectivity index is 1.16. The first-order chi connectivity index (χ1) is 20.8. The molecule has 13 heteroatoms. The molecule has 44 heavy (non-hydrogen) atoms. The fraction of sp³-hybridized carbons (Fsp3) is 0.355. The Morgan fingerprint density at radius 1 is 1.02 bits per heavy atom. The topological polar surface area (TPSA) is 92.3 Å². The van der Waals surface area contributed by atoms with E-state index in [1.54, 1.807) is 6.07 Å². The maximum Gasteiger partial charge on any atom is 0.434 e. The van der Waals surface area contributed by atoms with E-state index in [0.717, 1.165) is 24.6 Å². The van der Waals surface area contributed by atoms with Gasteiger partial charge in [0.05, 0.1) is 11.1 Å². The molecule has 7 nitrogen and oxygen atoms in total. The average Bonchev–Trinajstić information content (AvgIpc) is 3.72. The highest BCUT2D eigenvalue weighted by Crippen LogP contribution is 2.56. The van der Waals surface area contributed by atoms with Gasteiger partial charge in [-0.15, -0.1) is 0 Å². The molecule has 1 saturated heterocycles. The monoisotopic (exact) mass is 614 g/mol. The van der Waals surface area contributed by atoms with Gasteiger partial charge < -0.3 is 14.5 Å². The Kier molecular flexibility index (Phi) is 6.31. The van der Waals surface area contributed by atoms with Gasteiger partial charge in [-0.1, -0.05) is 11.2 Å². The number of hydrogen-bond donors (Lipinski definition) is 1. The summed E-state index contributed by atoms with van der Waals surface area (Å²) in [5.41, 5.74) is -0.920.